The highest BCUT2D eigenvalue weighted by Crippen LogP contribution is 2.38. The summed E-state index contributed by atoms with van der Waals surface area (Å²) in [6.07, 6.45) is 0.944. The third-order valence-corrected chi connectivity index (χ3v) is 6.67. The van der Waals surface area contributed by atoms with Crippen molar-refractivity contribution in [3.05, 3.63) is 112 Å². The zero-order chi connectivity index (χ0) is 25.2. The molecule has 36 heavy (non-hydrogen) atoms. The third-order valence-electron chi connectivity index (χ3n) is 6.67. The number of carbonyl (C=O) groups is 1. The molecule has 4 aromatic rings. The van der Waals surface area contributed by atoms with Gasteiger partial charge in [-0.25, -0.2) is 9.18 Å². The molecule has 1 aliphatic heterocycles. The summed E-state index contributed by atoms with van der Waals surface area (Å²) < 4.78 is 19.4. The number of urea groups is 1. The molecular weight excluding hydrogens is 455 g/mol. The quantitative estimate of drug-likeness (QED) is 0.343. The molecule has 0 bridgehead atoms. The monoisotopic (exact) mass is 482 g/mol. The van der Waals surface area contributed by atoms with Crippen molar-refractivity contribution in [3.8, 4) is 11.4 Å². The lowest BCUT2D eigenvalue weighted by Crippen LogP contribution is -2.45. The largest absolute Gasteiger partial charge is 0.334 e. The number of halogens is 1. The second-order valence-corrected chi connectivity index (χ2v) is 8.92. The maximum atomic E-state index is 13.7. The van der Waals surface area contributed by atoms with E-state index in [1.807, 2.05) is 62.4 Å². The van der Waals surface area contributed by atoms with Crippen LogP contribution in [0.15, 0.2) is 83.0 Å². The predicted molar refractivity (Wildman–Crippen MR) is 136 cm³/mol. The Hall–Kier alpha value is -4.26. The number of nitrogens with one attached hydrogen (secondary N) is 1. The smallest absolute Gasteiger partial charge is 0.322 e. The number of hydrogen-bond acceptors (Lipinski definition) is 4. The molecule has 1 unspecified atom stereocenters. The van der Waals surface area contributed by atoms with E-state index >= 15 is 0 Å². The van der Waals surface area contributed by atoms with E-state index in [1.54, 1.807) is 17.0 Å². The van der Waals surface area contributed by atoms with Gasteiger partial charge in [0.2, 0.25) is 5.82 Å². The first kappa shape index (κ1) is 23.5. The lowest BCUT2D eigenvalue weighted by Gasteiger charge is -2.35. The van der Waals surface area contributed by atoms with Gasteiger partial charge >= 0.3 is 6.03 Å². The van der Waals surface area contributed by atoms with E-state index in [4.69, 9.17) is 9.51 Å². The van der Waals surface area contributed by atoms with Crippen molar-refractivity contribution >= 4 is 11.6 Å². The number of hydrogen-bond donors (Lipinski definition) is 1. The molecule has 0 spiro atoms. The maximum Gasteiger partial charge on any atom is 0.322 e. The fraction of sp³-hybridized carbons (Fsp3) is 0.207. The molecule has 7 heteroatoms. The van der Waals surface area contributed by atoms with Crippen LogP contribution in [0.2, 0.25) is 0 Å². The average molecular weight is 483 g/mol. The lowest BCUT2D eigenvalue weighted by atomic mass is 9.94. The normalized spacial score (nSPS) is 15.8. The van der Waals surface area contributed by atoms with Gasteiger partial charge in [-0.15, -0.1) is 0 Å². The minimum atomic E-state index is -0.568. The van der Waals surface area contributed by atoms with Gasteiger partial charge in [0, 0.05) is 11.3 Å². The Morgan fingerprint density at radius 3 is 2.42 bits per heavy atom. The fourth-order valence-corrected chi connectivity index (χ4v) is 4.45. The molecule has 2 amide bonds. The number of allylic oxidation sites excluding steroid dienone is 1. The molecule has 0 saturated heterocycles. The molecule has 2 heterocycles. The Balaban J connectivity index is 1.58. The minimum Gasteiger partial charge on any atom is -0.334 e. The number of aryl methyl sites for hydroxylation is 2. The minimum absolute atomic E-state index is 0.247. The Labute approximate surface area is 209 Å². The summed E-state index contributed by atoms with van der Waals surface area (Å²) in [7, 11) is 0. The molecule has 1 aromatic heterocycles. The van der Waals surface area contributed by atoms with Crippen molar-refractivity contribution in [2.75, 3.05) is 0 Å². The second-order valence-electron chi connectivity index (χ2n) is 8.92. The van der Waals surface area contributed by atoms with E-state index in [-0.39, 0.29) is 11.8 Å². The summed E-state index contributed by atoms with van der Waals surface area (Å²) >= 11 is 0. The Morgan fingerprint density at radius 1 is 1.00 bits per heavy atom. The van der Waals surface area contributed by atoms with Gasteiger partial charge in [-0.3, -0.25) is 4.90 Å². The molecule has 0 fully saturated rings. The summed E-state index contributed by atoms with van der Waals surface area (Å²) in [5.74, 6) is 0.430. The van der Waals surface area contributed by atoms with Crippen LogP contribution < -0.4 is 5.32 Å². The molecule has 1 aliphatic rings. The molecule has 1 N–H and O–H groups in total. The molecule has 5 rings (SSSR count). The van der Waals surface area contributed by atoms with Gasteiger partial charge < -0.3 is 9.84 Å². The molecular formula is C29H27FN4O2. The number of aromatic nitrogens is 2. The zero-order valence-electron chi connectivity index (χ0n) is 20.5. The van der Waals surface area contributed by atoms with Gasteiger partial charge in [-0.05, 0) is 54.7 Å². The molecule has 0 aliphatic carbocycles. The Bertz CT molecular complexity index is 1420. The van der Waals surface area contributed by atoms with E-state index in [9.17, 15) is 9.18 Å². The average Bonchev–Trinajstić information content (AvgIpc) is 3.37. The number of rotatable bonds is 6. The highest BCUT2D eigenvalue weighted by Gasteiger charge is 2.36. The van der Waals surface area contributed by atoms with Crippen molar-refractivity contribution in [2.45, 2.75) is 39.8 Å². The van der Waals surface area contributed by atoms with Crippen LogP contribution in [-0.4, -0.2) is 21.1 Å². The molecule has 3 aromatic carbocycles. The van der Waals surface area contributed by atoms with E-state index in [0.29, 0.717) is 29.5 Å². The van der Waals surface area contributed by atoms with Crippen LogP contribution in [0.25, 0.3) is 17.0 Å². The summed E-state index contributed by atoms with van der Waals surface area (Å²) in [5.41, 5.74) is 6.30. The van der Waals surface area contributed by atoms with Gasteiger partial charge in [0.15, 0.2) is 0 Å². The van der Waals surface area contributed by atoms with Crippen molar-refractivity contribution in [1.29, 1.82) is 0 Å². The first-order valence-corrected chi connectivity index (χ1v) is 12.0. The number of nitrogens with zero attached hydrogens (tertiary/aromatic N) is 3. The standard InChI is InChI=1S/C29H27FN4O2/c1-4-20-9-11-22(12-10-20)27-32-28(36-33-27)25-19(3)34(17-23-8-6-5-7-18(23)2)29(35)31-26(25)21-13-15-24(30)16-14-21/h5-16,26H,4,17H2,1-3H3,(H,31,35). The van der Waals surface area contributed by atoms with Crippen molar-refractivity contribution in [2.24, 2.45) is 0 Å². The highest BCUT2D eigenvalue weighted by atomic mass is 19.1. The molecule has 6 nitrogen and oxygen atoms in total. The lowest BCUT2D eigenvalue weighted by molar-refractivity contribution is 0.203. The third kappa shape index (κ3) is 4.52. The van der Waals surface area contributed by atoms with E-state index in [2.05, 4.69) is 17.4 Å². The second kappa shape index (κ2) is 9.77. The number of benzene rings is 3. The van der Waals surface area contributed by atoms with Crippen LogP contribution in [0.3, 0.4) is 0 Å². The highest BCUT2D eigenvalue weighted by molar-refractivity contribution is 5.87. The number of amides is 2. The topological polar surface area (TPSA) is 71.3 Å². The summed E-state index contributed by atoms with van der Waals surface area (Å²) in [6, 6.07) is 21.2. The van der Waals surface area contributed by atoms with Gasteiger partial charge in [-0.2, -0.15) is 4.98 Å². The first-order chi connectivity index (χ1) is 17.4. The predicted octanol–water partition coefficient (Wildman–Crippen LogP) is 6.44. The van der Waals surface area contributed by atoms with Crippen LogP contribution in [0, 0.1) is 12.7 Å². The summed E-state index contributed by atoms with van der Waals surface area (Å²) in [5, 5.41) is 7.29. The van der Waals surface area contributed by atoms with Gasteiger partial charge in [0.05, 0.1) is 18.2 Å². The van der Waals surface area contributed by atoms with Crippen LogP contribution in [-0.2, 0) is 13.0 Å². The SMILES string of the molecule is CCc1ccc(-c2noc(C3=C(C)N(Cc4ccccc4C)C(=O)NC3c3ccc(F)cc3)n2)cc1. The van der Waals surface area contributed by atoms with Crippen LogP contribution in [0.5, 0.6) is 0 Å². The number of carbonyl (C=O) groups excluding carboxylic acids is 1. The van der Waals surface area contributed by atoms with Gasteiger partial charge in [0.1, 0.15) is 5.82 Å². The van der Waals surface area contributed by atoms with E-state index < -0.39 is 6.04 Å². The zero-order valence-corrected chi connectivity index (χ0v) is 20.5. The van der Waals surface area contributed by atoms with Crippen molar-refractivity contribution in [3.63, 3.8) is 0 Å². The molecule has 182 valence electrons. The molecule has 0 radical (unpaired) electrons. The Kier molecular flexibility index (Phi) is 6.38. The maximum absolute atomic E-state index is 13.7. The molecule has 1 atom stereocenters. The summed E-state index contributed by atoms with van der Waals surface area (Å²) in [6.45, 7) is 6.39. The van der Waals surface area contributed by atoms with Crippen LogP contribution in [0.4, 0.5) is 9.18 Å². The van der Waals surface area contributed by atoms with Crippen molar-refractivity contribution < 1.29 is 13.7 Å². The Morgan fingerprint density at radius 2 is 1.72 bits per heavy atom. The molecule has 0 saturated carbocycles. The summed E-state index contributed by atoms with van der Waals surface area (Å²) in [4.78, 5) is 19.7. The van der Waals surface area contributed by atoms with E-state index in [1.165, 1.54) is 17.7 Å². The van der Waals surface area contributed by atoms with Crippen LogP contribution >= 0.6 is 0 Å². The van der Waals surface area contributed by atoms with Crippen LogP contribution in [0.1, 0.15) is 48.0 Å². The fourth-order valence-electron chi connectivity index (χ4n) is 4.45. The van der Waals surface area contributed by atoms with Crippen molar-refractivity contribution in [1.82, 2.24) is 20.4 Å². The van der Waals surface area contributed by atoms with Gasteiger partial charge in [-0.1, -0.05) is 72.7 Å². The first-order valence-electron chi connectivity index (χ1n) is 12.0. The van der Waals surface area contributed by atoms with Gasteiger partial charge in [0.25, 0.3) is 5.89 Å². The van der Waals surface area contributed by atoms with E-state index in [0.717, 1.165) is 28.7 Å².